The van der Waals surface area contributed by atoms with Gasteiger partial charge in [-0.3, -0.25) is 0 Å². The summed E-state index contributed by atoms with van der Waals surface area (Å²) >= 11 is 0. The fraction of sp³-hybridized carbons (Fsp3) is 0.231. The van der Waals surface area contributed by atoms with E-state index in [-0.39, 0.29) is 0 Å². The maximum absolute atomic E-state index is 3.80. The Morgan fingerprint density at radius 2 is 1.71 bits per heavy atom. The average Bonchev–Trinajstić information content (AvgIpc) is 2.18. The summed E-state index contributed by atoms with van der Waals surface area (Å²) in [6.45, 7) is 7.59. The molecule has 0 heterocycles. The van der Waals surface area contributed by atoms with Gasteiger partial charge in [0.15, 0.2) is 0 Å². The molecular weight excluding hydrogens is 187 g/mol. The smallest absolute Gasteiger partial charge is 0.00869 e. The Hall–Kier alpha value is -0.870. The molecule has 0 nitrogen and oxygen atoms in total. The van der Waals surface area contributed by atoms with Crippen LogP contribution in [0.2, 0.25) is 0 Å². The van der Waals surface area contributed by atoms with Crippen molar-refractivity contribution in [2.45, 2.75) is 18.8 Å². The maximum atomic E-state index is 3.80. The lowest BCUT2D eigenvalue weighted by Gasteiger charge is -2.15. The van der Waals surface area contributed by atoms with Crippen molar-refractivity contribution in [2.24, 2.45) is 0 Å². The van der Waals surface area contributed by atoms with Gasteiger partial charge in [0.25, 0.3) is 0 Å². The number of hydrogen-bond acceptors (Lipinski definition) is 0. The van der Waals surface area contributed by atoms with Gasteiger partial charge in [0, 0.05) is 0 Å². The summed E-state index contributed by atoms with van der Waals surface area (Å²) in [5.74, 6) is 0.527. The Kier molecular flexibility index (Phi) is 4.62. The molecule has 1 rings (SSSR count). The summed E-state index contributed by atoms with van der Waals surface area (Å²) < 4.78 is 0. The van der Waals surface area contributed by atoms with Crippen molar-refractivity contribution in [3.63, 3.8) is 0 Å². The molecule has 0 aliphatic rings. The lowest BCUT2D eigenvalue weighted by molar-refractivity contribution is 0.718. The first-order valence-corrected chi connectivity index (χ1v) is 5.43. The fourth-order valence-corrected chi connectivity index (χ4v) is 2.08. The van der Waals surface area contributed by atoms with Crippen LogP contribution in [0.15, 0.2) is 49.6 Å². The van der Waals surface area contributed by atoms with E-state index < -0.39 is 0 Å². The molecule has 74 valence electrons. The summed E-state index contributed by atoms with van der Waals surface area (Å²) in [5, 5.41) is 1.28. The van der Waals surface area contributed by atoms with E-state index in [1.807, 2.05) is 12.2 Å². The first kappa shape index (κ1) is 11.2. The Morgan fingerprint density at radius 3 is 2.21 bits per heavy atom. The molecule has 0 fully saturated rings. The predicted octanol–water partition coefficient (Wildman–Crippen LogP) is 3.42. The van der Waals surface area contributed by atoms with E-state index in [1.165, 1.54) is 10.9 Å². The Balaban J connectivity index is 2.91. The molecule has 0 aliphatic heterocycles. The molecule has 1 aromatic rings. The van der Waals surface area contributed by atoms with E-state index in [4.69, 9.17) is 0 Å². The van der Waals surface area contributed by atoms with Crippen molar-refractivity contribution in [1.29, 1.82) is 0 Å². The molecule has 0 bridgehead atoms. The molecule has 1 unspecified atom stereocenters. The third kappa shape index (κ3) is 2.82. The van der Waals surface area contributed by atoms with Gasteiger partial charge in [-0.25, -0.2) is 0 Å². The molecule has 0 radical (unpaired) electrons. The van der Waals surface area contributed by atoms with Crippen LogP contribution in [0.3, 0.4) is 0 Å². The highest BCUT2D eigenvalue weighted by Gasteiger charge is 2.09. The van der Waals surface area contributed by atoms with Gasteiger partial charge in [-0.15, -0.1) is 22.4 Å². The highest BCUT2D eigenvalue weighted by atomic mass is 31.0. The van der Waals surface area contributed by atoms with Crippen molar-refractivity contribution in [1.82, 2.24) is 0 Å². The van der Waals surface area contributed by atoms with Gasteiger partial charge in [0.2, 0.25) is 0 Å². The fourth-order valence-electron chi connectivity index (χ4n) is 1.64. The highest BCUT2D eigenvalue weighted by Crippen LogP contribution is 2.23. The third-order valence-corrected chi connectivity index (χ3v) is 2.86. The van der Waals surface area contributed by atoms with Crippen LogP contribution in [0.1, 0.15) is 24.3 Å². The molecule has 14 heavy (non-hydrogen) atoms. The highest BCUT2D eigenvalue weighted by molar-refractivity contribution is 7.27. The molecule has 0 amide bonds. The van der Waals surface area contributed by atoms with Crippen molar-refractivity contribution in [2.75, 3.05) is 0 Å². The van der Waals surface area contributed by atoms with Crippen LogP contribution in [0, 0.1) is 0 Å². The van der Waals surface area contributed by atoms with Gasteiger partial charge < -0.3 is 0 Å². The van der Waals surface area contributed by atoms with Gasteiger partial charge in [-0.2, -0.15) is 0 Å². The number of benzene rings is 1. The quantitative estimate of drug-likeness (QED) is 0.509. The van der Waals surface area contributed by atoms with E-state index in [9.17, 15) is 0 Å². The first-order valence-electron chi connectivity index (χ1n) is 4.85. The Morgan fingerprint density at radius 1 is 1.14 bits per heavy atom. The number of hydrogen-bond donors (Lipinski definition) is 0. The second-order valence-corrected chi connectivity index (χ2v) is 4.00. The van der Waals surface area contributed by atoms with E-state index in [2.05, 4.69) is 46.7 Å². The van der Waals surface area contributed by atoms with Crippen LogP contribution in [0.4, 0.5) is 0 Å². The van der Waals surface area contributed by atoms with E-state index in [1.54, 1.807) is 0 Å². The SMILES string of the molecule is C=CCC(CC=C)c1ccccc1P. The second kappa shape index (κ2) is 5.78. The van der Waals surface area contributed by atoms with Crippen LogP contribution in [-0.4, -0.2) is 0 Å². The van der Waals surface area contributed by atoms with Gasteiger partial charge in [0.05, 0.1) is 0 Å². The molecule has 0 saturated heterocycles. The molecule has 0 saturated carbocycles. The van der Waals surface area contributed by atoms with Gasteiger partial charge in [-0.1, -0.05) is 36.4 Å². The molecule has 0 N–H and O–H groups in total. The summed E-state index contributed by atoms with van der Waals surface area (Å²) in [6, 6.07) is 8.45. The lowest BCUT2D eigenvalue weighted by Crippen LogP contribution is -2.06. The molecule has 0 aromatic heterocycles. The normalized spacial score (nSPS) is 10.1. The van der Waals surface area contributed by atoms with Crippen LogP contribution in [0.5, 0.6) is 0 Å². The summed E-state index contributed by atoms with van der Waals surface area (Å²) in [5.41, 5.74) is 1.39. The average molecular weight is 204 g/mol. The molecule has 1 aromatic carbocycles. The van der Waals surface area contributed by atoms with Crippen molar-refractivity contribution < 1.29 is 0 Å². The predicted molar refractivity (Wildman–Crippen MR) is 68.2 cm³/mol. The molecule has 0 aliphatic carbocycles. The molecular formula is C13H17P. The zero-order valence-electron chi connectivity index (χ0n) is 8.45. The minimum Gasteiger partial charge on any atom is -0.105 e. The van der Waals surface area contributed by atoms with Crippen molar-refractivity contribution >= 4 is 14.5 Å². The number of rotatable bonds is 5. The maximum Gasteiger partial charge on any atom is -0.00869 e. The van der Waals surface area contributed by atoms with Crippen LogP contribution >= 0.6 is 9.24 Å². The van der Waals surface area contributed by atoms with E-state index in [0.717, 1.165) is 12.8 Å². The zero-order chi connectivity index (χ0) is 10.4. The van der Waals surface area contributed by atoms with Crippen LogP contribution in [-0.2, 0) is 0 Å². The van der Waals surface area contributed by atoms with Gasteiger partial charge in [0.1, 0.15) is 0 Å². The first-order chi connectivity index (χ1) is 6.79. The van der Waals surface area contributed by atoms with Gasteiger partial charge in [-0.05, 0) is 29.6 Å². The molecule has 1 atom stereocenters. The van der Waals surface area contributed by atoms with Crippen LogP contribution < -0.4 is 5.30 Å². The Labute approximate surface area is 88.9 Å². The summed E-state index contributed by atoms with van der Waals surface area (Å²) in [4.78, 5) is 0. The van der Waals surface area contributed by atoms with Crippen molar-refractivity contribution in [3.8, 4) is 0 Å². The minimum atomic E-state index is 0.527. The molecule has 1 heteroatoms. The monoisotopic (exact) mass is 204 g/mol. The topological polar surface area (TPSA) is 0 Å². The van der Waals surface area contributed by atoms with E-state index >= 15 is 0 Å². The minimum absolute atomic E-state index is 0.527. The van der Waals surface area contributed by atoms with Crippen LogP contribution in [0.25, 0.3) is 0 Å². The Bertz CT molecular complexity index is 305. The number of allylic oxidation sites excluding steroid dienone is 2. The largest absolute Gasteiger partial charge is 0.105 e. The second-order valence-electron chi connectivity index (χ2n) is 3.37. The zero-order valence-corrected chi connectivity index (χ0v) is 9.60. The summed E-state index contributed by atoms with van der Waals surface area (Å²) in [7, 11) is 2.79. The molecule has 0 spiro atoms. The summed E-state index contributed by atoms with van der Waals surface area (Å²) in [6.07, 6.45) is 5.98. The lowest BCUT2D eigenvalue weighted by atomic mass is 9.92. The standard InChI is InChI=1S/C13H17P/c1-3-7-11(8-4-2)12-9-5-6-10-13(12)14/h3-6,9-11H,1-2,7-8,14H2. The third-order valence-electron chi connectivity index (χ3n) is 2.34. The van der Waals surface area contributed by atoms with Gasteiger partial charge >= 0.3 is 0 Å². The van der Waals surface area contributed by atoms with Crippen molar-refractivity contribution in [3.05, 3.63) is 55.1 Å². The van der Waals surface area contributed by atoms with E-state index in [0.29, 0.717) is 5.92 Å².